The van der Waals surface area contributed by atoms with Gasteiger partial charge in [0.1, 0.15) is 18.2 Å². The quantitative estimate of drug-likeness (QED) is 0.570. The fourth-order valence-electron chi connectivity index (χ4n) is 5.00. The molecule has 10 heteroatoms. The zero-order chi connectivity index (χ0) is 24.6. The number of hydrogen-bond donors (Lipinski definition) is 0. The largest absolute Gasteiger partial charge is 0.370 e. The number of piperazine rings is 1. The van der Waals surface area contributed by atoms with Gasteiger partial charge in [0.2, 0.25) is 5.91 Å². The van der Waals surface area contributed by atoms with Crippen LogP contribution in [0.2, 0.25) is 0 Å². The Balaban J connectivity index is 1.23. The predicted octanol–water partition coefficient (Wildman–Crippen LogP) is 2.20. The number of carbonyl (C=O) groups excluding carboxylic acids is 1. The smallest absolute Gasteiger partial charge is 0.227 e. The van der Waals surface area contributed by atoms with Gasteiger partial charge in [0.15, 0.2) is 0 Å². The van der Waals surface area contributed by atoms with Gasteiger partial charge in [0, 0.05) is 26.2 Å². The average Bonchev–Trinajstić information content (AvgIpc) is 3.39. The Kier molecular flexibility index (Phi) is 6.05. The van der Waals surface area contributed by atoms with Crippen molar-refractivity contribution in [3.05, 3.63) is 70.8 Å². The van der Waals surface area contributed by atoms with Crippen LogP contribution in [0.15, 0.2) is 42.7 Å². The molecule has 0 bridgehead atoms. The van der Waals surface area contributed by atoms with Gasteiger partial charge in [-0.05, 0) is 59.2 Å². The Labute approximate surface area is 202 Å². The van der Waals surface area contributed by atoms with Crippen molar-refractivity contribution in [1.29, 1.82) is 5.26 Å². The maximum atomic E-state index is 14.0. The minimum absolute atomic E-state index is 0.0702. The second-order valence-corrected chi connectivity index (χ2v) is 9.40. The van der Waals surface area contributed by atoms with Crippen LogP contribution >= 0.6 is 0 Å². The molecule has 2 aromatic carbocycles. The normalized spacial score (nSPS) is 22.5. The Morgan fingerprint density at radius 1 is 1.26 bits per heavy atom. The molecule has 180 valence electrons. The van der Waals surface area contributed by atoms with Crippen LogP contribution in [0.1, 0.15) is 35.3 Å². The summed E-state index contributed by atoms with van der Waals surface area (Å²) < 4.78 is 21.8. The molecule has 0 saturated carbocycles. The van der Waals surface area contributed by atoms with Crippen molar-refractivity contribution in [2.75, 3.05) is 32.8 Å². The lowest BCUT2D eigenvalue weighted by Gasteiger charge is -2.53. The van der Waals surface area contributed by atoms with Crippen LogP contribution in [-0.2, 0) is 16.0 Å². The summed E-state index contributed by atoms with van der Waals surface area (Å²) in [4.78, 5) is 17.4. The third-order valence-electron chi connectivity index (χ3n) is 7.09. The summed E-state index contributed by atoms with van der Waals surface area (Å²) in [5.74, 6) is -0.428. The molecule has 2 aliphatic rings. The average molecular weight is 476 g/mol. The number of hydrogen-bond acceptors (Lipinski definition) is 7. The molecule has 3 heterocycles. The van der Waals surface area contributed by atoms with E-state index in [9.17, 15) is 14.4 Å². The van der Waals surface area contributed by atoms with E-state index < -0.39 is 5.82 Å². The molecule has 2 aliphatic heterocycles. The summed E-state index contributed by atoms with van der Waals surface area (Å²) in [6, 6.07) is 12.6. The minimum Gasteiger partial charge on any atom is -0.370 e. The number of amides is 1. The number of fused-ring (bicyclic) bond motifs is 1. The van der Waals surface area contributed by atoms with Crippen molar-refractivity contribution in [3.8, 4) is 11.8 Å². The third kappa shape index (κ3) is 4.40. The molecule has 0 N–H and O–H groups in total. The zero-order valence-corrected chi connectivity index (χ0v) is 19.7. The Hall–Kier alpha value is -3.68. The number of halogens is 1. The van der Waals surface area contributed by atoms with E-state index in [4.69, 9.17) is 4.74 Å². The molecule has 2 atom stereocenters. The highest BCUT2D eigenvalue weighted by molar-refractivity contribution is 5.79. The topological polar surface area (TPSA) is 100 Å². The van der Waals surface area contributed by atoms with Gasteiger partial charge >= 0.3 is 0 Å². The second kappa shape index (κ2) is 9.17. The maximum Gasteiger partial charge on any atom is 0.227 e. The van der Waals surface area contributed by atoms with Crippen LogP contribution in [0.25, 0.3) is 5.69 Å². The summed E-state index contributed by atoms with van der Waals surface area (Å²) in [5, 5.41) is 20.5. The summed E-state index contributed by atoms with van der Waals surface area (Å²) in [6.07, 6.45) is 1.61. The summed E-state index contributed by atoms with van der Waals surface area (Å²) in [7, 11) is 0. The molecule has 3 aromatic rings. The van der Waals surface area contributed by atoms with Gasteiger partial charge in [-0.25, -0.2) is 9.07 Å². The van der Waals surface area contributed by atoms with E-state index >= 15 is 0 Å². The monoisotopic (exact) mass is 475 g/mol. The second-order valence-electron chi connectivity index (χ2n) is 9.40. The van der Waals surface area contributed by atoms with E-state index in [1.165, 1.54) is 12.4 Å². The van der Waals surface area contributed by atoms with Crippen LogP contribution in [0.4, 0.5) is 4.39 Å². The van der Waals surface area contributed by atoms with Crippen LogP contribution in [0.5, 0.6) is 0 Å². The first-order chi connectivity index (χ1) is 16.9. The summed E-state index contributed by atoms with van der Waals surface area (Å²) in [6.45, 7) is 6.89. The molecular weight excluding hydrogens is 449 g/mol. The van der Waals surface area contributed by atoms with Crippen LogP contribution < -0.4 is 0 Å². The molecular formula is C25H26FN7O2. The van der Waals surface area contributed by atoms with Crippen LogP contribution in [-0.4, -0.2) is 74.2 Å². The van der Waals surface area contributed by atoms with E-state index in [2.05, 4.69) is 27.3 Å². The molecule has 0 spiro atoms. The van der Waals surface area contributed by atoms with Crippen LogP contribution in [0.3, 0.4) is 0 Å². The molecule has 2 saturated heterocycles. The summed E-state index contributed by atoms with van der Waals surface area (Å²) in [5.41, 5.74) is 3.00. The number of aromatic nitrogens is 4. The molecule has 35 heavy (non-hydrogen) atoms. The maximum absolute atomic E-state index is 14.0. The number of benzene rings is 2. The number of carbonyl (C=O) groups is 1. The zero-order valence-electron chi connectivity index (χ0n) is 19.7. The van der Waals surface area contributed by atoms with Gasteiger partial charge in [0.05, 0.1) is 35.9 Å². The highest BCUT2D eigenvalue weighted by Gasteiger charge is 2.44. The van der Waals surface area contributed by atoms with Gasteiger partial charge in [-0.2, -0.15) is 5.26 Å². The Morgan fingerprint density at radius 2 is 2.06 bits per heavy atom. The molecule has 5 rings (SSSR count). The van der Waals surface area contributed by atoms with E-state index in [-0.39, 0.29) is 23.1 Å². The highest BCUT2D eigenvalue weighted by atomic mass is 19.1. The van der Waals surface area contributed by atoms with Crippen molar-refractivity contribution in [1.82, 2.24) is 30.0 Å². The van der Waals surface area contributed by atoms with E-state index in [1.807, 2.05) is 35.2 Å². The van der Waals surface area contributed by atoms with E-state index in [1.54, 1.807) is 17.7 Å². The first-order valence-corrected chi connectivity index (χ1v) is 11.5. The van der Waals surface area contributed by atoms with E-state index in [0.29, 0.717) is 38.2 Å². The molecule has 0 aliphatic carbocycles. The van der Waals surface area contributed by atoms with Gasteiger partial charge in [-0.1, -0.05) is 18.2 Å². The number of nitrogens with zero attached hydrogens (tertiary/aromatic N) is 7. The van der Waals surface area contributed by atoms with Crippen molar-refractivity contribution in [3.63, 3.8) is 0 Å². The molecule has 0 radical (unpaired) electrons. The first-order valence-electron chi connectivity index (χ1n) is 11.5. The SMILES string of the molecule is Cc1c([C@H]2CN3CCN(C(=O)Cc4ccc(-n5cnnn5)cc4)C[C@]3(C)CO2)ccc(F)c1C#N. The number of tetrazole rings is 1. The number of nitriles is 1. The van der Waals surface area contributed by atoms with Crippen molar-refractivity contribution >= 4 is 5.91 Å². The van der Waals surface area contributed by atoms with Crippen molar-refractivity contribution in [2.24, 2.45) is 0 Å². The summed E-state index contributed by atoms with van der Waals surface area (Å²) >= 11 is 0. The molecule has 0 unspecified atom stereocenters. The first kappa shape index (κ1) is 23.1. The van der Waals surface area contributed by atoms with Gasteiger partial charge in [-0.3, -0.25) is 9.69 Å². The molecule has 2 fully saturated rings. The standard InChI is InChI=1S/C25H26FN7O2/c1-17-20(7-8-22(26)21(17)12-27)23-13-32-10-9-31(14-25(32,2)15-35-23)24(34)11-18-3-5-19(6-4-18)33-16-28-29-30-33/h3-8,16,23H,9-11,13-15H2,1-2H3/t23-,25-/m1/s1. The lowest BCUT2D eigenvalue weighted by molar-refractivity contribution is -0.153. The lowest BCUT2D eigenvalue weighted by Crippen LogP contribution is -2.66. The third-order valence-corrected chi connectivity index (χ3v) is 7.09. The van der Waals surface area contributed by atoms with E-state index in [0.717, 1.165) is 23.4 Å². The Bertz CT molecular complexity index is 1270. The number of morpholine rings is 1. The van der Waals surface area contributed by atoms with Gasteiger partial charge < -0.3 is 9.64 Å². The predicted molar refractivity (Wildman–Crippen MR) is 124 cm³/mol. The molecule has 1 amide bonds. The van der Waals surface area contributed by atoms with Gasteiger partial charge in [0.25, 0.3) is 0 Å². The van der Waals surface area contributed by atoms with Crippen LogP contribution in [0, 0.1) is 24.1 Å². The lowest BCUT2D eigenvalue weighted by atomic mass is 9.91. The fraction of sp³-hybridized carbons (Fsp3) is 0.400. The Morgan fingerprint density at radius 3 is 2.77 bits per heavy atom. The number of rotatable bonds is 4. The molecule has 1 aromatic heterocycles. The minimum atomic E-state index is -0.508. The van der Waals surface area contributed by atoms with Crippen molar-refractivity contribution < 1.29 is 13.9 Å². The highest BCUT2D eigenvalue weighted by Crippen LogP contribution is 2.35. The molecule has 9 nitrogen and oxygen atoms in total. The fourth-order valence-corrected chi connectivity index (χ4v) is 5.00. The number of ether oxygens (including phenoxy) is 1. The van der Waals surface area contributed by atoms with Crippen molar-refractivity contribution in [2.45, 2.75) is 31.9 Å². The van der Waals surface area contributed by atoms with Gasteiger partial charge in [-0.15, -0.1) is 5.10 Å².